The van der Waals surface area contributed by atoms with Gasteiger partial charge in [0, 0.05) is 36.7 Å². The van der Waals surface area contributed by atoms with Crippen molar-refractivity contribution in [2.45, 2.75) is 25.7 Å². The predicted octanol–water partition coefficient (Wildman–Crippen LogP) is 3.01. The molecule has 0 fully saturated rings. The van der Waals surface area contributed by atoms with Crippen LogP contribution in [0.1, 0.15) is 24.0 Å². The summed E-state index contributed by atoms with van der Waals surface area (Å²) in [5, 5.41) is 6.35. The highest BCUT2D eigenvalue weighted by molar-refractivity contribution is 5.91. The topological polar surface area (TPSA) is 54.0 Å². The first-order valence-electron chi connectivity index (χ1n) is 7.37. The smallest absolute Gasteiger partial charge is 0.224 e. The minimum atomic E-state index is 0.0440. The quantitative estimate of drug-likeness (QED) is 0.905. The molecule has 2 aromatic rings. The van der Waals surface area contributed by atoms with Gasteiger partial charge >= 0.3 is 0 Å². The largest absolute Gasteiger partial charge is 0.385 e. The third kappa shape index (κ3) is 3.60. The Morgan fingerprint density at radius 2 is 2.29 bits per heavy atom. The van der Waals surface area contributed by atoms with Gasteiger partial charge < -0.3 is 10.6 Å². The van der Waals surface area contributed by atoms with Gasteiger partial charge in [0.05, 0.1) is 0 Å². The average Bonchev–Trinajstić information content (AvgIpc) is 2.54. The molecule has 0 saturated carbocycles. The van der Waals surface area contributed by atoms with Crippen molar-refractivity contribution in [3.05, 3.63) is 53.9 Å². The van der Waals surface area contributed by atoms with E-state index in [4.69, 9.17) is 0 Å². The number of anilines is 2. The lowest BCUT2D eigenvalue weighted by Gasteiger charge is -2.18. The number of aryl methyl sites for hydroxylation is 2. The van der Waals surface area contributed by atoms with E-state index < -0.39 is 0 Å². The minimum absolute atomic E-state index is 0.0440. The zero-order valence-corrected chi connectivity index (χ0v) is 11.9. The molecule has 0 aliphatic carbocycles. The third-order valence-electron chi connectivity index (χ3n) is 3.69. The average molecular weight is 281 g/mol. The molecule has 0 saturated heterocycles. The molecular formula is C17H19N3O. The van der Waals surface area contributed by atoms with E-state index in [2.05, 4.69) is 21.7 Å². The Balaban J connectivity index is 1.57. The summed E-state index contributed by atoms with van der Waals surface area (Å²) in [6.07, 6.45) is 6.95. The van der Waals surface area contributed by atoms with Gasteiger partial charge in [-0.15, -0.1) is 0 Å². The van der Waals surface area contributed by atoms with Crippen molar-refractivity contribution in [3.63, 3.8) is 0 Å². The van der Waals surface area contributed by atoms with Gasteiger partial charge in [-0.05, 0) is 54.7 Å². The molecule has 1 amide bonds. The second-order valence-corrected chi connectivity index (χ2v) is 5.31. The van der Waals surface area contributed by atoms with Crippen LogP contribution in [-0.4, -0.2) is 17.4 Å². The lowest BCUT2D eigenvalue weighted by atomic mass is 10.0. The van der Waals surface area contributed by atoms with E-state index in [1.54, 1.807) is 12.4 Å². The third-order valence-corrected chi connectivity index (χ3v) is 3.69. The summed E-state index contributed by atoms with van der Waals surface area (Å²) in [6.45, 7) is 1.03. The van der Waals surface area contributed by atoms with Gasteiger partial charge in [-0.3, -0.25) is 9.78 Å². The molecule has 2 N–H and O–H groups in total. The molecule has 1 aromatic heterocycles. The van der Waals surface area contributed by atoms with Crippen molar-refractivity contribution < 1.29 is 4.79 Å². The minimum Gasteiger partial charge on any atom is -0.385 e. The SMILES string of the molecule is O=C(CCc1cccnc1)Nc1ccc2c(c1)CCCN2. The number of fused-ring (bicyclic) bond motifs is 1. The monoisotopic (exact) mass is 281 g/mol. The van der Waals surface area contributed by atoms with Gasteiger partial charge in [0.1, 0.15) is 0 Å². The van der Waals surface area contributed by atoms with Gasteiger partial charge in [0.15, 0.2) is 0 Å². The number of aromatic nitrogens is 1. The Morgan fingerprint density at radius 3 is 3.14 bits per heavy atom. The summed E-state index contributed by atoms with van der Waals surface area (Å²) < 4.78 is 0. The number of carbonyl (C=O) groups is 1. The van der Waals surface area contributed by atoms with Crippen molar-refractivity contribution in [3.8, 4) is 0 Å². The van der Waals surface area contributed by atoms with E-state index in [0.29, 0.717) is 12.8 Å². The number of nitrogens with zero attached hydrogens (tertiary/aromatic N) is 1. The maximum atomic E-state index is 12.0. The Kier molecular flexibility index (Phi) is 4.15. The second-order valence-electron chi connectivity index (χ2n) is 5.31. The van der Waals surface area contributed by atoms with Crippen LogP contribution in [0.2, 0.25) is 0 Å². The summed E-state index contributed by atoms with van der Waals surface area (Å²) in [4.78, 5) is 16.1. The molecular weight excluding hydrogens is 262 g/mol. The number of nitrogens with one attached hydrogen (secondary N) is 2. The van der Waals surface area contributed by atoms with E-state index >= 15 is 0 Å². The van der Waals surface area contributed by atoms with Crippen LogP contribution in [0.4, 0.5) is 11.4 Å². The zero-order chi connectivity index (χ0) is 14.5. The Hall–Kier alpha value is -2.36. The first-order valence-corrected chi connectivity index (χ1v) is 7.37. The highest BCUT2D eigenvalue weighted by Crippen LogP contribution is 2.25. The molecule has 4 nitrogen and oxygen atoms in total. The molecule has 2 heterocycles. The molecule has 4 heteroatoms. The molecule has 0 spiro atoms. The molecule has 0 unspecified atom stereocenters. The highest BCUT2D eigenvalue weighted by Gasteiger charge is 2.10. The van der Waals surface area contributed by atoms with Gasteiger partial charge in [0.25, 0.3) is 0 Å². The van der Waals surface area contributed by atoms with Crippen LogP contribution in [0.25, 0.3) is 0 Å². The van der Waals surface area contributed by atoms with E-state index in [-0.39, 0.29) is 5.91 Å². The molecule has 1 aliphatic heterocycles. The fraction of sp³-hybridized carbons (Fsp3) is 0.294. The van der Waals surface area contributed by atoms with Crippen molar-refractivity contribution in [2.24, 2.45) is 0 Å². The molecule has 0 atom stereocenters. The van der Waals surface area contributed by atoms with Crippen molar-refractivity contribution >= 4 is 17.3 Å². The number of pyridine rings is 1. The number of amides is 1. The Bertz CT molecular complexity index is 625. The highest BCUT2D eigenvalue weighted by atomic mass is 16.1. The molecule has 3 rings (SSSR count). The van der Waals surface area contributed by atoms with Gasteiger partial charge in [-0.2, -0.15) is 0 Å². The van der Waals surface area contributed by atoms with E-state index in [0.717, 1.165) is 30.6 Å². The van der Waals surface area contributed by atoms with Crippen LogP contribution in [-0.2, 0) is 17.6 Å². The molecule has 21 heavy (non-hydrogen) atoms. The zero-order valence-electron chi connectivity index (χ0n) is 11.9. The number of carbonyl (C=O) groups excluding carboxylic acids is 1. The standard InChI is InChI=1S/C17H19N3O/c21-17(8-5-13-3-1-9-18-12-13)20-15-6-7-16-14(11-15)4-2-10-19-16/h1,3,6-7,9,11-12,19H,2,4-5,8,10H2,(H,20,21). The fourth-order valence-corrected chi connectivity index (χ4v) is 2.58. The normalized spacial score (nSPS) is 13.1. The lowest BCUT2D eigenvalue weighted by Crippen LogP contribution is -2.15. The first kappa shape index (κ1) is 13.6. The maximum Gasteiger partial charge on any atom is 0.224 e. The number of hydrogen-bond acceptors (Lipinski definition) is 3. The maximum absolute atomic E-state index is 12.0. The van der Waals surface area contributed by atoms with E-state index in [1.165, 1.54) is 11.3 Å². The van der Waals surface area contributed by atoms with Crippen LogP contribution in [0.15, 0.2) is 42.7 Å². The van der Waals surface area contributed by atoms with Crippen LogP contribution >= 0.6 is 0 Å². The summed E-state index contributed by atoms with van der Waals surface area (Å²) in [6, 6.07) is 9.96. The number of hydrogen-bond donors (Lipinski definition) is 2. The van der Waals surface area contributed by atoms with E-state index in [9.17, 15) is 4.79 Å². The summed E-state index contributed by atoms with van der Waals surface area (Å²) in [5.74, 6) is 0.0440. The van der Waals surface area contributed by atoms with E-state index in [1.807, 2.05) is 24.3 Å². The molecule has 0 bridgehead atoms. The predicted molar refractivity (Wildman–Crippen MR) is 84.4 cm³/mol. The van der Waals surface area contributed by atoms with Crippen LogP contribution < -0.4 is 10.6 Å². The molecule has 1 aliphatic rings. The number of rotatable bonds is 4. The Labute approximate surface area is 124 Å². The van der Waals surface area contributed by atoms with Crippen LogP contribution in [0.3, 0.4) is 0 Å². The summed E-state index contributed by atoms with van der Waals surface area (Å²) >= 11 is 0. The van der Waals surface area contributed by atoms with Crippen molar-refractivity contribution in [1.82, 2.24) is 4.98 Å². The summed E-state index contributed by atoms with van der Waals surface area (Å²) in [7, 11) is 0. The lowest BCUT2D eigenvalue weighted by molar-refractivity contribution is -0.116. The van der Waals surface area contributed by atoms with Crippen molar-refractivity contribution in [1.29, 1.82) is 0 Å². The molecule has 108 valence electrons. The van der Waals surface area contributed by atoms with Gasteiger partial charge in [-0.25, -0.2) is 0 Å². The molecule has 1 aromatic carbocycles. The second kappa shape index (κ2) is 6.39. The van der Waals surface area contributed by atoms with Crippen LogP contribution in [0, 0.1) is 0 Å². The Morgan fingerprint density at radius 1 is 1.33 bits per heavy atom. The van der Waals surface area contributed by atoms with Crippen LogP contribution in [0.5, 0.6) is 0 Å². The van der Waals surface area contributed by atoms with Gasteiger partial charge in [-0.1, -0.05) is 6.07 Å². The number of benzene rings is 1. The summed E-state index contributed by atoms with van der Waals surface area (Å²) in [5.41, 5.74) is 4.44. The van der Waals surface area contributed by atoms with Crippen molar-refractivity contribution in [2.75, 3.05) is 17.2 Å². The first-order chi connectivity index (χ1) is 10.3. The van der Waals surface area contributed by atoms with Gasteiger partial charge in [0.2, 0.25) is 5.91 Å². The fourth-order valence-electron chi connectivity index (χ4n) is 2.58. The molecule has 0 radical (unpaired) electrons.